The van der Waals surface area contributed by atoms with E-state index < -0.39 is 5.97 Å². The van der Waals surface area contributed by atoms with E-state index in [1.165, 1.54) is 24.8 Å². The minimum Gasteiger partial charge on any atom is -0.481 e. The van der Waals surface area contributed by atoms with Crippen molar-refractivity contribution < 1.29 is 19.8 Å². The third kappa shape index (κ3) is 4.33. The third-order valence-corrected chi connectivity index (χ3v) is 17.1. The predicted molar refractivity (Wildman–Crippen MR) is 176 cm³/mol. The first-order chi connectivity index (χ1) is 21.4. The van der Waals surface area contributed by atoms with Crippen LogP contribution < -0.4 is 5.32 Å². The highest BCUT2D eigenvalue weighted by atomic mass is 16.4. The molecule has 0 radical (unpaired) electrons. The van der Waals surface area contributed by atoms with Crippen LogP contribution in [0.25, 0.3) is 0 Å². The van der Waals surface area contributed by atoms with Crippen molar-refractivity contribution in [2.45, 2.75) is 143 Å². The molecule has 5 heteroatoms. The van der Waals surface area contributed by atoms with Gasteiger partial charge in [-0.15, -0.1) is 0 Å². The van der Waals surface area contributed by atoms with Gasteiger partial charge in [0.15, 0.2) is 0 Å². The average Bonchev–Trinajstić information content (AvgIpc) is 3.54. The van der Waals surface area contributed by atoms with Crippen LogP contribution in [0.5, 0.6) is 0 Å². The summed E-state index contributed by atoms with van der Waals surface area (Å²) in [5, 5.41) is 24.0. The quantitative estimate of drug-likeness (QED) is 0.280. The highest BCUT2D eigenvalue weighted by Gasteiger charge is 2.62. The molecule has 0 spiro atoms. The predicted octanol–water partition coefficient (Wildman–Crippen LogP) is 8.07. The Bertz CT molecular complexity index is 1320. The minimum atomic E-state index is -0.576. The number of carboxylic acids is 1. The van der Waals surface area contributed by atoms with E-state index in [1.54, 1.807) is 5.57 Å². The Morgan fingerprint density at radius 1 is 0.667 bits per heavy atom. The molecule has 8 rings (SSSR count). The number of carbonyl (C=O) groups is 2. The summed E-state index contributed by atoms with van der Waals surface area (Å²) in [5.41, 5.74) is 3.63. The number of fused-ring (bicyclic) bond motifs is 10. The third-order valence-electron chi connectivity index (χ3n) is 17.1. The number of aliphatic hydroxyl groups is 1. The molecule has 8 aliphatic rings. The number of hydrogen-bond acceptors (Lipinski definition) is 3. The van der Waals surface area contributed by atoms with E-state index in [4.69, 9.17) is 0 Å². The maximum atomic E-state index is 14.2. The van der Waals surface area contributed by atoms with Gasteiger partial charge in [0.1, 0.15) is 0 Å². The fraction of sp³-hybridized carbons (Fsp3) is 0.850. The van der Waals surface area contributed by atoms with Gasteiger partial charge >= 0.3 is 5.97 Å². The molecule has 5 nitrogen and oxygen atoms in total. The van der Waals surface area contributed by atoms with Gasteiger partial charge in [-0.05, 0) is 160 Å². The SMILES string of the molecule is C[C@]12CC[C@H]3[C@@H](CC=C4C[C@@H](NC(=O)[C@H]5CC[C@H]6[C@@H]7CC=C8C[C@@H](O)CC[C@]8(C)[C@H]7CC[C@]56C)CC[C@@]43C)[C@@H]1CC[C@@H]2C(=O)O. The number of aliphatic hydroxyl groups excluding tert-OH is 1. The number of hydrogen-bond donors (Lipinski definition) is 3. The highest BCUT2D eigenvalue weighted by Crippen LogP contribution is 2.68. The Morgan fingerprint density at radius 3 is 1.80 bits per heavy atom. The van der Waals surface area contributed by atoms with Crippen LogP contribution in [0.4, 0.5) is 0 Å². The lowest BCUT2D eigenvalue weighted by molar-refractivity contribution is -0.148. The van der Waals surface area contributed by atoms with Crippen molar-refractivity contribution in [3.63, 3.8) is 0 Å². The van der Waals surface area contributed by atoms with E-state index in [-0.39, 0.29) is 45.6 Å². The number of rotatable bonds is 3. The fourth-order valence-corrected chi connectivity index (χ4v) is 14.6. The second-order valence-corrected chi connectivity index (χ2v) is 18.6. The smallest absolute Gasteiger partial charge is 0.307 e. The van der Waals surface area contributed by atoms with Crippen molar-refractivity contribution in [1.29, 1.82) is 0 Å². The minimum absolute atomic E-state index is 0.0406. The summed E-state index contributed by atoms with van der Waals surface area (Å²) in [6, 6.07) is 0.247. The summed E-state index contributed by atoms with van der Waals surface area (Å²) in [4.78, 5) is 26.3. The van der Waals surface area contributed by atoms with E-state index in [9.17, 15) is 19.8 Å². The lowest BCUT2D eigenvalue weighted by Gasteiger charge is -2.58. The first kappa shape index (κ1) is 30.7. The first-order valence-corrected chi connectivity index (χ1v) is 19.0. The molecule has 0 bridgehead atoms. The molecule has 0 saturated heterocycles. The van der Waals surface area contributed by atoms with E-state index >= 15 is 0 Å². The molecule has 0 unspecified atom stereocenters. The summed E-state index contributed by atoms with van der Waals surface area (Å²) in [6.45, 7) is 9.76. The monoisotopic (exact) mass is 617 g/mol. The van der Waals surface area contributed by atoms with Crippen LogP contribution in [-0.2, 0) is 9.59 Å². The van der Waals surface area contributed by atoms with E-state index in [1.807, 2.05) is 0 Å². The zero-order chi connectivity index (χ0) is 31.5. The van der Waals surface area contributed by atoms with Gasteiger partial charge in [-0.3, -0.25) is 9.59 Å². The van der Waals surface area contributed by atoms with Crippen LogP contribution in [0.1, 0.15) is 130 Å². The first-order valence-electron chi connectivity index (χ1n) is 19.0. The molecule has 6 saturated carbocycles. The van der Waals surface area contributed by atoms with Crippen molar-refractivity contribution >= 4 is 11.9 Å². The van der Waals surface area contributed by atoms with Gasteiger partial charge in [0.25, 0.3) is 0 Å². The number of carboxylic acid groups (broad SMARTS) is 1. The Balaban J connectivity index is 0.942. The molecule has 3 N–H and O–H groups in total. The maximum absolute atomic E-state index is 14.2. The molecule has 248 valence electrons. The molecule has 1 amide bonds. The Kier molecular flexibility index (Phi) is 7.12. The van der Waals surface area contributed by atoms with E-state index in [0.29, 0.717) is 41.4 Å². The van der Waals surface area contributed by atoms with Gasteiger partial charge < -0.3 is 15.5 Å². The number of amides is 1. The zero-order valence-electron chi connectivity index (χ0n) is 28.5. The second kappa shape index (κ2) is 10.4. The average molecular weight is 618 g/mol. The van der Waals surface area contributed by atoms with Crippen molar-refractivity contribution in [2.75, 3.05) is 0 Å². The molecular weight excluding hydrogens is 558 g/mol. The number of aliphatic carboxylic acids is 1. The van der Waals surface area contributed by atoms with Crippen molar-refractivity contribution in [3.05, 3.63) is 23.3 Å². The Hall–Kier alpha value is -1.62. The lowest BCUT2D eigenvalue weighted by atomic mass is 9.47. The molecule has 6 fully saturated rings. The molecule has 0 aliphatic heterocycles. The van der Waals surface area contributed by atoms with Crippen LogP contribution in [0.15, 0.2) is 23.3 Å². The Morgan fingerprint density at radius 2 is 1.20 bits per heavy atom. The molecule has 8 aliphatic carbocycles. The second-order valence-electron chi connectivity index (χ2n) is 18.6. The highest BCUT2D eigenvalue weighted by molar-refractivity contribution is 5.80. The van der Waals surface area contributed by atoms with Gasteiger partial charge in [0, 0.05) is 12.0 Å². The summed E-state index contributed by atoms with van der Waals surface area (Å²) in [6.07, 6.45) is 22.1. The van der Waals surface area contributed by atoms with Gasteiger partial charge in [-0.25, -0.2) is 0 Å². The van der Waals surface area contributed by atoms with E-state index in [0.717, 1.165) is 83.5 Å². The molecule has 0 aromatic carbocycles. The summed E-state index contributed by atoms with van der Waals surface area (Å²) in [7, 11) is 0. The Labute approximate surface area is 271 Å². The van der Waals surface area contributed by atoms with E-state index in [2.05, 4.69) is 45.2 Å². The molecule has 45 heavy (non-hydrogen) atoms. The van der Waals surface area contributed by atoms with Gasteiger partial charge in [-0.1, -0.05) is 51.0 Å². The van der Waals surface area contributed by atoms with Gasteiger partial charge in [-0.2, -0.15) is 0 Å². The molecule has 0 aromatic rings. The summed E-state index contributed by atoms with van der Waals surface area (Å²) in [5.74, 6) is 3.55. The lowest BCUT2D eigenvalue weighted by Crippen LogP contribution is -2.54. The summed E-state index contributed by atoms with van der Waals surface area (Å²) >= 11 is 0. The van der Waals surface area contributed by atoms with Crippen LogP contribution in [0, 0.1) is 69.0 Å². The standard InChI is InChI=1S/C40H59NO4/c1-37-17-13-25(21-23(37)5-7-28-30-10-12-34(36(44)45)40(30,4)20-16-31(28)37)41-35(43)33-11-9-29-27-8-6-24-22-26(42)14-18-38(24,2)32(27)15-19-39(29,33)3/h5-6,25-34,42H,7-22H2,1-4H3,(H,41,43)(H,44,45)/t25-,26-,27-,28-,29-,30-,31-,32-,33+,34+,37-,38-,39-,40-/m0/s1. The summed E-state index contributed by atoms with van der Waals surface area (Å²) < 4.78 is 0. The largest absolute Gasteiger partial charge is 0.481 e. The van der Waals surface area contributed by atoms with Crippen LogP contribution in [0.3, 0.4) is 0 Å². The topological polar surface area (TPSA) is 86.6 Å². The van der Waals surface area contributed by atoms with Crippen LogP contribution >= 0.6 is 0 Å². The van der Waals surface area contributed by atoms with Gasteiger partial charge in [0.2, 0.25) is 5.91 Å². The molecular formula is C40H59NO4. The fourth-order valence-electron chi connectivity index (χ4n) is 14.6. The maximum Gasteiger partial charge on any atom is 0.307 e. The molecule has 0 heterocycles. The van der Waals surface area contributed by atoms with Crippen molar-refractivity contribution in [3.8, 4) is 0 Å². The van der Waals surface area contributed by atoms with Crippen molar-refractivity contribution in [1.82, 2.24) is 5.32 Å². The normalized spacial score (nSPS) is 53.4. The van der Waals surface area contributed by atoms with Crippen LogP contribution in [0.2, 0.25) is 0 Å². The molecule has 14 atom stereocenters. The van der Waals surface area contributed by atoms with Crippen molar-refractivity contribution in [2.24, 2.45) is 69.0 Å². The zero-order valence-corrected chi connectivity index (χ0v) is 28.5. The number of nitrogens with one attached hydrogen (secondary N) is 1. The number of carbonyl (C=O) groups excluding carboxylic acids is 1. The number of allylic oxidation sites excluding steroid dienone is 2. The molecule has 0 aromatic heterocycles. The van der Waals surface area contributed by atoms with Gasteiger partial charge in [0.05, 0.1) is 12.0 Å². The van der Waals surface area contributed by atoms with Crippen LogP contribution in [-0.4, -0.2) is 34.2 Å².